The monoisotopic (exact) mass is 738 g/mol. The second kappa shape index (κ2) is 18.1. The van der Waals surface area contributed by atoms with Crippen molar-refractivity contribution in [1.82, 2.24) is 9.97 Å². The number of halogens is 4. The number of hydrogen-bond donors (Lipinski definition) is 1. The van der Waals surface area contributed by atoms with Crippen LogP contribution in [0.5, 0.6) is 0 Å². The van der Waals surface area contributed by atoms with Crippen molar-refractivity contribution in [2.45, 2.75) is 62.7 Å². The van der Waals surface area contributed by atoms with E-state index >= 15 is 0 Å². The van der Waals surface area contributed by atoms with Gasteiger partial charge in [0, 0.05) is 50.8 Å². The number of thiophene rings is 1. The molecule has 0 saturated heterocycles. The van der Waals surface area contributed by atoms with Crippen LogP contribution in [0.25, 0.3) is 32.6 Å². The number of ketones is 1. The van der Waals surface area contributed by atoms with E-state index in [1.54, 1.807) is 16.6 Å². The predicted molar refractivity (Wildman–Crippen MR) is 190 cm³/mol. The summed E-state index contributed by atoms with van der Waals surface area (Å²) in [6, 6.07) is 26.6. The molecule has 0 amide bonds. The first-order valence-electron chi connectivity index (χ1n) is 14.6. The van der Waals surface area contributed by atoms with Crippen LogP contribution in [0.3, 0.4) is 0 Å². The molecule has 0 unspecified atom stereocenters. The Morgan fingerprint density at radius 2 is 1.18 bits per heavy atom. The minimum absolute atomic E-state index is 0.464. The van der Waals surface area contributed by atoms with E-state index in [0.29, 0.717) is 5.78 Å². The third kappa shape index (κ3) is 11.4. The molecule has 44 heavy (non-hydrogen) atoms. The third-order valence-electron chi connectivity index (χ3n) is 7.18. The molecular weight excluding hydrogens is 706 g/mol. The fraction of sp³-hybridized carbons (Fsp3) is 0.265. The maximum Gasteiger partial charge on any atom is 0.0716 e. The standard InChI is InChI=1S/C17H15NS.C11H9NS.C6H10O.4ClH.Ti/c1-2-10-16-12(6-1)13-7-5-8-14(17(13)19-16)15-9-3-4-11-18-15;13-11-7-2-1-5-9(11)10-6-3-4-8-12-10;7-6-4-2-1-3-5-6;;;;;/h3-5,7-9,11H,1-2,6,10H2;1-8,13H;1-5H2;4*1H;/q;;;;;;;+4/p-4. The van der Waals surface area contributed by atoms with Crippen molar-refractivity contribution in [3.05, 3.63) is 102 Å². The van der Waals surface area contributed by atoms with Gasteiger partial charge in [0.05, 0.1) is 11.4 Å². The summed E-state index contributed by atoms with van der Waals surface area (Å²) in [7, 11) is 20.1. The fourth-order valence-electron chi connectivity index (χ4n) is 5.17. The third-order valence-corrected chi connectivity index (χ3v) is 8.91. The normalized spacial score (nSPS) is 14.2. The number of fused-ring (bicyclic) bond motifs is 3. The molecule has 0 N–H and O–H groups in total. The van der Waals surface area contributed by atoms with Crippen LogP contribution in [0.2, 0.25) is 0 Å². The molecule has 0 radical (unpaired) electrons. The van der Waals surface area contributed by atoms with Gasteiger partial charge in [-0.25, -0.2) is 0 Å². The average Bonchev–Trinajstić information content (AvgIpc) is 3.41. The van der Waals surface area contributed by atoms with Crippen LogP contribution in [-0.2, 0) is 30.0 Å². The van der Waals surface area contributed by atoms with E-state index in [0.717, 1.165) is 47.5 Å². The number of rotatable bonds is 2. The van der Waals surface area contributed by atoms with Crippen molar-refractivity contribution in [1.29, 1.82) is 0 Å². The summed E-state index contributed by atoms with van der Waals surface area (Å²) in [6.07, 6.45) is 14.1. The zero-order valence-electron chi connectivity index (χ0n) is 24.2. The fourth-order valence-corrected chi connectivity index (χ4v) is 6.85. The maximum absolute atomic E-state index is 10.5. The van der Waals surface area contributed by atoms with Gasteiger partial charge in [-0.15, -0.1) is 24.0 Å². The number of nitrogens with zero attached hydrogens (tertiary/aromatic N) is 2. The molecule has 3 aromatic heterocycles. The Morgan fingerprint density at radius 1 is 0.636 bits per heavy atom. The summed E-state index contributed by atoms with van der Waals surface area (Å²) >= 11 is 3.24. The zero-order valence-corrected chi connectivity index (χ0v) is 30.5. The van der Waals surface area contributed by atoms with Crippen molar-refractivity contribution in [2.75, 3.05) is 0 Å². The molecule has 1 fully saturated rings. The molecule has 0 bridgehead atoms. The first-order chi connectivity index (χ1) is 21.2. The van der Waals surface area contributed by atoms with Crippen LogP contribution >= 0.6 is 61.2 Å². The molecule has 1 saturated carbocycles. The van der Waals surface area contributed by atoms with Gasteiger partial charge < -0.3 is 0 Å². The van der Waals surface area contributed by atoms with Gasteiger partial charge in [0.1, 0.15) is 5.78 Å². The van der Waals surface area contributed by atoms with Gasteiger partial charge in [-0.1, -0.05) is 55.0 Å². The average molecular weight is 740 g/mol. The molecule has 0 spiro atoms. The van der Waals surface area contributed by atoms with Crippen LogP contribution in [-0.4, -0.2) is 15.8 Å². The van der Waals surface area contributed by atoms with E-state index in [2.05, 4.69) is 52.9 Å². The number of Topliss-reactive ketones (excluding diaryl/α,β-unsaturated/α-hetero) is 1. The van der Waals surface area contributed by atoms with Gasteiger partial charge in [-0.3, -0.25) is 14.8 Å². The number of aryl methyl sites for hydroxylation is 2. The maximum atomic E-state index is 10.5. The van der Waals surface area contributed by atoms with Gasteiger partial charge in [-0.2, -0.15) is 0 Å². The molecule has 230 valence electrons. The molecule has 2 aliphatic rings. The van der Waals surface area contributed by atoms with Crippen LogP contribution < -0.4 is 0 Å². The van der Waals surface area contributed by atoms with Crippen molar-refractivity contribution in [3.8, 4) is 22.5 Å². The Morgan fingerprint density at radius 3 is 1.75 bits per heavy atom. The van der Waals surface area contributed by atoms with Crippen molar-refractivity contribution >= 4 is 77.1 Å². The van der Waals surface area contributed by atoms with Crippen LogP contribution in [0.1, 0.15) is 55.4 Å². The topological polar surface area (TPSA) is 42.9 Å². The summed E-state index contributed by atoms with van der Waals surface area (Å²) < 4.78 is 1.42. The van der Waals surface area contributed by atoms with Gasteiger partial charge in [0.2, 0.25) is 0 Å². The number of carbonyl (C=O) groups excluding carboxylic acids is 1. The molecule has 10 heteroatoms. The van der Waals surface area contributed by atoms with E-state index in [9.17, 15) is 4.79 Å². The Kier molecular flexibility index (Phi) is 14.6. The Labute approximate surface area is 288 Å². The molecular formula is C34H34Cl4N2OS2Ti. The number of carbonyl (C=O) groups is 1. The number of benzene rings is 2. The van der Waals surface area contributed by atoms with Gasteiger partial charge in [0.25, 0.3) is 0 Å². The molecule has 3 heterocycles. The predicted octanol–water partition coefficient (Wildman–Crippen LogP) is 12.2. The molecule has 3 nitrogen and oxygen atoms in total. The first-order valence-corrected chi connectivity index (χ1v) is 24.5. The minimum atomic E-state index is -3.11. The van der Waals surface area contributed by atoms with Crippen LogP contribution in [0.4, 0.5) is 0 Å². The van der Waals surface area contributed by atoms with E-state index in [-0.39, 0.29) is 0 Å². The summed E-state index contributed by atoms with van der Waals surface area (Å²) in [5, 5.41) is 1.46. The quantitative estimate of drug-likeness (QED) is 0.145. The second-order valence-electron chi connectivity index (χ2n) is 10.4. The minimum Gasteiger partial charge on any atom is -0.256 e. The van der Waals surface area contributed by atoms with Crippen LogP contribution in [0.15, 0.2) is 96.2 Å². The smallest absolute Gasteiger partial charge is 0.0716 e. The molecule has 5 aromatic rings. The Bertz CT molecular complexity index is 1620. The van der Waals surface area contributed by atoms with Crippen molar-refractivity contribution < 1.29 is 17.1 Å². The number of pyridine rings is 2. The summed E-state index contributed by atoms with van der Waals surface area (Å²) in [4.78, 5) is 21.8. The zero-order chi connectivity index (χ0) is 31.4. The van der Waals surface area contributed by atoms with Gasteiger partial charge >= 0.3 is 49.6 Å². The van der Waals surface area contributed by atoms with E-state index in [1.807, 2.05) is 66.1 Å². The molecule has 0 aliphatic heterocycles. The second-order valence-corrected chi connectivity index (χ2v) is 27.4. The summed E-state index contributed by atoms with van der Waals surface area (Å²) in [5.74, 6) is 0.464. The van der Waals surface area contributed by atoms with Crippen molar-refractivity contribution in [3.63, 3.8) is 0 Å². The molecule has 2 aliphatic carbocycles. The Hall–Kier alpha value is -1.41. The SMILES string of the molecule is O=C1CCCCC1.Sc1ccccc1-c1ccccn1.[Cl][Ti]([Cl])([Cl])[Cl].c1ccc(-c2cccc3c4c(sc23)CCCC4)nc1. The number of thiol groups is 1. The van der Waals surface area contributed by atoms with Gasteiger partial charge in [0.15, 0.2) is 0 Å². The Balaban J connectivity index is 0.000000153. The molecule has 0 atom stereocenters. The van der Waals surface area contributed by atoms with Gasteiger partial charge in [-0.05, 0) is 79.8 Å². The number of hydrogen-bond acceptors (Lipinski definition) is 5. The van der Waals surface area contributed by atoms with E-state index in [4.69, 9.17) is 37.2 Å². The summed E-state index contributed by atoms with van der Waals surface area (Å²) in [5.41, 5.74) is 6.02. The molecule has 2 aromatic carbocycles. The summed E-state index contributed by atoms with van der Waals surface area (Å²) in [6.45, 7) is 0. The van der Waals surface area contributed by atoms with Crippen LogP contribution in [0, 0.1) is 0 Å². The first kappa shape index (κ1) is 35.4. The van der Waals surface area contributed by atoms with E-state index in [1.165, 1.54) is 47.8 Å². The van der Waals surface area contributed by atoms with Crippen molar-refractivity contribution in [2.24, 2.45) is 0 Å². The molecule has 7 rings (SSSR count). The largest absolute Gasteiger partial charge is 0.256 e. The number of aromatic nitrogens is 2. The van der Waals surface area contributed by atoms with E-state index < -0.39 is 12.3 Å².